The standard InChI is InChI=1S/C17H19ClF3N5OS/c1-10-24-25-16(26(10)12-5-3-2-4-6-12)28-9-14(27)23-15-13(18)7-11(8-22-15)17(19,20)21/h7-8,12H,2-6,9H2,1H3,(H,22,23,27). The molecule has 0 saturated heterocycles. The fourth-order valence-electron chi connectivity index (χ4n) is 3.19. The summed E-state index contributed by atoms with van der Waals surface area (Å²) >= 11 is 7.04. The van der Waals surface area contributed by atoms with Gasteiger partial charge in [-0.05, 0) is 25.8 Å². The van der Waals surface area contributed by atoms with Crippen LogP contribution in [0.15, 0.2) is 17.4 Å². The molecule has 28 heavy (non-hydrogen) atoms. The minimum Gasteiger partial charge on any atom is -0.309 e. The van der Waals surface area contributed by atoms with Gasteiger partial charge in [0, 0.05) is 12.2 Å². The number of amides is 1. The number of nitrogens with zero attached hydrogens (tertiary/aromatic N) is 4. The first-order valence-electron chi connectivity index (χ1n) is 8.82. The second kappa shape index (κ2) is 8.69. The number of hydrogen-bond donors (Lipinski definition) is 1. The van der Waals surface area contributed by atoms with Gasteiger partial charge >= 0.3 is 6.18 Å². The van der Waals surface area contributed by atoms with Crippen LogP contribution in [0.25, 0.3) is 0 Å². The molecule has 0 atom stereocenters. The number of thioether (sulfide) groups is 1. The summed E-state index contributed by atoms with van der Waals surface area (Å²) in [6, 6.07) is 1.07. The monoisotopic (exact) mass is 433 g/mol. The molecular formula is C17H19ClF3N5OS. The largest absolute Gasteiger partial charge is 0.417 e. The topological polar surface area (TPSA) is 72.7 Å². The summed E-state index contributed by atoms with van der Waals surface area (Å²) in [5.74, 6) is 0.284. The quantitative estimate of drug-likeness (QED) is 0.679. The van der Waals surface area contributed by atoms with Crippen molar-refractivity contribution in [3.63, 3.8) is 0 Å². The van der Waals surface area contributed by atoms with Gasteiger partial charge in [-0.3, -0.25) is 4.79 Å². The molecule has 0 aromatic carbocycles. The molecule has 0 aliphatic heterocycles. The molecule has 2 aromatic rings. The van der Waals surface area contributed by atoms with Crippen molar-refractivity contribution < 1.29 is 18.0 Å². The smallest absolute Gasteiger partial charge is 0.309 e. The molecule has 0 radical (unpaired) electrons. The molecule has 1 amide bonds. The van der Waals surface area contributed by atoms with Crippen LogP contribution in [0.4, 0.5) is 19.0 Å². The predicted molar refractivity (Wildman–Crippen MR) is 100 cm³/mol. The second-order valence-electron chi connectivity index (χ2n) is 6.58. The molecule has 11 heteroatoms. The van der Waals surface area contributed by atoms with Gasteiger partial charge in [0.15, 0.2) is 11.0 Å². The van der Waals surface area contributed by atoms with E-state index in [9.17, 15) is 18.0 Å². The van der Waals surface area contributed by atoms with Crippen molar-refractivity contribution in [2.75, 3.05) is 11.1 Å². The highest BCUT2D eigenvalue weighted by Gasteiger charge is 2.31. The zero-order valence-corrected chi connectivity index (χ0v) is 16.7. The molecule has 1 aliphatic rings. The van der Waals surface area contributed by atoms with Crippen molar-refractivity contribution >= 4 is 35.1 Å². The Bertz CT molecular complexity index is 852. The van der Waals surface area contributed by atoms with Crippen LogP contribution in [0.5, 0.6) is 0 Å². The summed E-state index contributed by atoms with van der Waals surface area (Å²) in [5.41, 5.74) is -0.971. The van der Waals surface area contributed by atoms with Crippen LogP contribution < -0.4 is 5.32 Å². The number of pyridine rings is 1. The minimum absolute atomic E-state index is 0.0177. The molecule has 152 valence electrons. The summed E-state index contributed by atoms with van der Waals surface area (Å²) < 4.78 is 40.0. The van der Waals surface area contributed by atoms with Gasteiger partial charge in [-0.1, -0.05) is 42.6 Å². The van der Waals surface area contributed by atoms with Crippen LogP contribution in [-0.2, 0) is 11.0 Å². The fourth-order valence-corrected chi connectivity index (χ4v) is 4.26. The molecule has 2 heterocycles. The summed E-state index contributed by atoms with van der Waals surface area (Å²) in [4.78, 5) is 15.8. The number of aryl methyl sites for hydroxylation is 1. The van der Waals surface area contributed by atoms with E-state index in [1.165, 1.54) is 18.2 Å². The average Bonchev–Trinajstić information content (AvgIpc) is 3.02. The number of halogens is 4. The van der Waals surface area contributed by atoms with Crippen molar-refractivity contribution in [3.05, 3.63) is 28.7 Å². The first-order chi connectivity index (χ1) is 13.3. The van der Waals surface area contributed by atoms with Gasteiger partial charge in [-0.15, -0.1) is 10.2 Å². The molecule has 0 bridgehead atoms. The lowest BCUT2D eigenvalue weighted by molar-refractivity contribution is -0.137. The van der Waals surface area contributed by atoms with E-state index in [0.29, 0.717) is 17.4 Å². The van der Waals surface area contributed by atoms with Gasteiger partial charge in [0.2, 0.25) is 5.91 Å². The zero-order valence-electron chi connectivity index (χ0n) is 15.1. The summed E-state index contributed by atoms with van der Waals surface area (Å²) in [7, 11) is 0. The Morgan fingerprint density at radius 2 is 2.04 bits per heavy atom. The fraction of sp³-hybridized carbons (Fsp3) is 0.529. The number of carbonyl (C=O) groups is 1. The second-order valence-corrected chi connectivity index (χ2v) is 7.93. The SMILES string of the molecule is Cc1nnc(SCC(=O)Nc2ncc(C(F)(F)F)cc2Cl)n1C1CCCCC1. The van der Waals surface area contributed by atoms with Gasteiger partial charge in [-0.2, -0.15) is 13.2 Å². The van der Waals surface area contributed by atoms with Crippen LogP contribution in [0.2, 0.25) is 5.02 Å². The molecular weight excluding hydrogens is 415 g/mol. The van der Waals surface area contributed by atoms with Crippen LogP contribution in [0.1, 0.15) is 49.5 Å². The number of carbonyl (C=O) groups excluding carboxylic acids is 1. The van der Waals surface area contributed by atoms with Crippen molar-refractivity contribution in [3.8, 4) is 0 Å². The Balaban J connectivity index is 1.62. The first-order valence-corrected chi connectivity index (χ1v) is 10.2. The Kier molecular flexibility index (Phi) is 6.49. The maximum absolute atomic E-state index is 12.7. The minimum atomic E-state index is -4.55. The van der Waals surface area contributed by atoms with Crippen LogP contribution in [-0.4, -0.2) is 31.4 Å². The lowest BCUT2D eigenvalue weighted by Crippen LogP contribution is -2.18. The summed E-state index contributed by atoms with van der Waals surface area (Å²) in [6.45, 7) is 1.89. The third-order valence-electron chi connectivity index (χ3n) is 4.53. The Hall–Kier alpha value is -1.81. The normalized spacial score (nSPS) is 15.6. The molecule has 1 aliphatic carbocycles. The van der Waals surface area contributed by atoms with E-state index in [-0.39, 0.29) is 16.6 Å². The van der Waals surface area contributed by atoms with Crippen LogP contribution in [0.3, 0.4) is 0 Å². The highest BCUT2D eigenvalue weighted by molar-refractivity contribution is 7.99. The molecule has 0 spiro atoms. The Labute approximate surface area is 169 Å². The van der Waals surface area contributed by atoms with E-state index in [2.05, 4.69) is 25.1 Å². The molecule has 0 unspecified atom stereocenters. The highest BCUT2D eigenvalue weighted by atomic mass is 35.5. The van der Waals surface area contributed by atoms with E-state index in [1.54, 1.807) is 0 Å². The molecule has 3 rings (SSSR count). The molecule has 2 aromatic heterocycles. The predicted octanol–water partition coefficient (Wildman–Crippen LogP) is 4.89. The number of nitrogens with one attached hydrogen (secondary N) is 1. The Morgan fingerprint density at radius 3 is 2.68 bits per heavy atom. The average molecular weight is 434 g/mol. The highest BCUT2D eigenvalue weighted by Crippen LogP contribution is 2.33. The summed E-state index contributed by atoms with van der Waals surface area (Å²) in [5, 5.41) is 11.1. The first kappa shape index (κ1) is 20.9. The molecule has 1 N–H and O–H groups in total. The van der Waals surface area contributed by atoms with Crippen molar-refractivity contribution in [1.29, 1.82) is 0 Å². The van der Waals surface area contributed by atoms with Crippen LogP contribution >= 0.6 is 23.4 Å². The van der Waals surface area contributed by atoms with E-state index in [1.807, 2.05) is 6.92 Å². The third-order valence-corrected chi connectivity index (χ3v) is 5.76. The zero-order chi connectivity index (χ0) is 20.3. The number of hydrogen-bond acceptors (Lipinski definition) is 5. The van der Waals surface area contributed by atoms with Crippen molar-refractivity contribution in [2.24, 2.45) is 0 Å². The number of rotatable bonds is 5. The lowest BCUT2D eigenvalue weighted by atomic mass is 9.95. The number of alkyl halides is 3. The Morgan fingerprint density at radius 1 is 1.32 bits per heavy atom. The van der Waals surface area contributed by atoms with E-state index >= 15 is 0 Å². The van der Waals surface area contributed by atoms with E-state index in [0.717, 1.165) is 37.6 Å². The van der Waals surface area contributed by atoms with Gasteiger partial charge in [0.25, 0.3) is 0 Å². The molecule has 1 saturated carbocycles. The van der Waals surface area contributed by atoms with Gasteiger partial charge in [0.1, 0.15) is 5.82 Å². The van der Waals surface area contributed by atoms with Gasteiger partial charge in [-0.25, -0.2) is 4.98 Å². The maximum atomic E-state index is 12.7. The number of anilines is 1. The van der Waals surface area contributed by atoms with Crippen molar-refractivity contribution in [2.45, 2.75) is 56.4 Å². The molecule has 6 nitrogen and oxygen atoms in total. The van der Waals surface area contributed by atoms with Crippen molar-refractivity contribution in [1.82, 2.24) is 19.7 Å². The van der Waals surface area contributed by atoms with E-state index < -0.39 is 17.6 Å². The lowest BCUT2D eigenvalue weighted by Gasteiger charge is -2.24. The molecule has 1 fully saturated rings. The van der Waals surface area contributed by atoms with Gasteiger partial charge < -0.3 is 9.88 Å². The van der Waals surface area contributed by atoms with Gasteiger partial charge in [0.05, 0.1) is 16.3 Å². The third kappa shape index (κ3) is 4.96. The maximum Gasteiger partial charge on any atom is 0.417 e. The van der Waals surface area contributed by atoms with E-state index in [4.69, 9.17) is 11.6 Å². The summed E-state index contributed by atoms with van der Waals surface area (Å²) in [6.07, 6.45) is 1.75. The van der Waals surface area contributed by atoms with Crippen LogP contribution in [0, 0.1) is 6.92 Å². The number of aromatic nitrogens is 4.